The van der Waals surface area contributed by atoms with Crippen LogP contribution in [-0.4, -0.2) is 24.1 Å². The third-order valence-corrected chi connectivity index (χ3v) is 17.2. The molecule has 0 amide bonds. The molecule has 2 atom stereocenters. The van der Waals surface area contributed by atoms with Crippen LogP contribution in [0.25, 0.3) is 0 Å². The second kappa shape index (κ2) is 62.7. The summed E-state index contributed by atoms with van der Waals surface area (Å²) in [6.07, 6.45) is 83.6. The molecule has 0 heterocycles. The topological polar surface area (TPSA) is 52.6 Å². The highest BCUT2D eigenvalue weighted by molar-refractivity contribution is 6.03. The molecule has 0 fully saturated rings. The number of carbonyl (C=O) groups is 2. The van der Waals surface area contributed by atoms with Crippen LogP contribution in [0.2, 0.25) is 0 Å². The zero-order valence-electron chi connectivity index (χ0n) is 54.4. The van der Waals surface area contributed by atoms with Gasteiger partial charge in [-0.3, -0.25) is 0 Å². The maximum absolute atomic E-state index is 14.2. The molecular weight excluding hydrogens is 977 g/mol. The Labute approximate surface area is 500 Å². The van der Waals surface area contributed by atoms with Crippen molar-refractivity contribution in [2.24, 2.45) is 0 Å². The molecule has 1 aromatic rings. The average molecular weight is 1120 g/mol. The van der Waals surface area contributed by atoms with Crippen molar-refractivity contribution in [3.05, 3.63) is 59.7 Å². The Bertz CT molecular complexity index is 1370. The second-order valence-corrected chi connectivity index (χ2v) is 25.1. The van der Waals surface area contributed by atoms with Crippen molar-refractivity contribution in [2.45, 2.75) is 412 Å². The van der Waals surface area contributed by atoms with E-state index in [1.165, 1.54) is 321 Å². The van der Waals surface area contributed by atoms with E-state index in [1.54, 1.807) is 12.1 Å². The molecule has 0 bridgehead atoms. The molecule has 2 unspecified atom stereocenters. The van der Waals surface area contributed by atoms with Gasteiger partial charge in [0.15, 0.2) is 0 Å². The maximum atomic E-state index is 14.2. The van der Waals surface area contributed by atoms with Gasteiger partial charge >= 0.3 is 11.9 Å². The summed E-state index contributed by atoms with van der Waals surface area (Å²) >= 11 is 0. The lowest BCUT2D eigenvalue weighted by molar-refractivity contribution is 0.0201. The fourth-order valence-electron chi connectivity index (χ4n) is 11.8. The molecule has 4 nitrogen and oxygen atoms in total. The predicted molar refractivity (Wildman–Crippen MR) is 354 cm³/mol. The molecule has 0 saturated carbocycles. The first kappa shape index (κ1) is 75.7. The van der Waals surface area contributed by atoms with Gasteiger partial charge in [-0.25, -0.2) is 9.59 Å². The van der Waals surface area contributed by atoms with Crippen LogP contribution in [0.1, 0.15) is 421 Å². The van der Waals surface area contributed by atoms with Crippen molar-refractivity contribution in [1.82, 2.24) is 0 Å². The van der Waals surface area contributed by atoms with Gasteiger partial charge in [0.05, 0.1) is 11.1 Å². The highest BCUT2D eigenvalue weighted by Gasteiger charge is 2.24. The van der Waals surface area contributed by atoms with Gasteiger partial charge in [0.2, 0.25) is 0 Å². The average Bonchev–Trinajstić information content (AvgIpc) is 3.47. The lowest BCUT2D eigenvalue weighted by atomic mass is 10.0. The number of carbonyl (C=O) groups excluding carboxylic acids is 2. The molecule has 0 aliphatic heterocycles. The van der Waals surface area contributed by atoms with Crippen LogP contribution >= 0.6 is 0 Å². The highest BCUT2D eigenvalue weighted by Crippen LogP contribution is 2.24. The minimum atomic E-state index is -0.358. The molecular formula is C76H138O4. The third kappa shape index (κ3) is 51.3. The van der Waals surface area contributed by atoms with E-state index < -0.39 is 0 Å². The fraction of sp³-hybridized carbons (Fsp3) is 0.842. The van der Waals surface area contributed by atoms with Crippen LogP contribution in [-0.2, 0) is 9.47 Å². The summed E-state index contributed by atoms with van der Waals surface area (Å²) in [4.78, 5) is 28.4. The van der Waals surface area contributed by atoms with Crippen molar-refractivity contribution in [1.29, 1.82) is 0 Å². The molecule has 1 aromatic carbocycles. The molecule has 80 heavy (non-hydrogen) atoms. The van der Waals surface area contributed by atoms with E-state index in [2.05, 4.69) is 52.0 Å². The van der Waals surface area contributed by atoms with Crippen molar-refractivity contribution >= 4 is 11.9 Å². The Hall–Kier alpha value is -2.36. The zero-order valence-corrected chi connectivity index (χ0v) is 54.4. The van der Waals surface area contributed by atoms with E-state index in [9.17, 15) is 9.59 Å². The van der Waals surface area contributed by atoms with Gasteiger partial charge in [-0.05, 0) is 115 Å². The van der Waals surface area contributed by atoms with E-state index in [-0.39, 0.29) is 24.1 Å². The molecule has 0 saturated heterocycles. The first-order valence-electron chi connectivity index (χ1n) is 36.4. The monoisotopic (exact) mass is 1120 g/mol. The van der Waals surface area contributed by atoms with E-state index in [1.807, 2.05) is 12.1 Å². The lowest BCUT2D eigenvalue weighted by Crippen LogP contribution is -2.23. The number of hydrogen-bond donors (Lipinski definition) is 0. The first-order valence-corrected chi connectivity index (χ1v) is 36.4. The van der Waals surface area contributed by atoms with Crippen LogP contribution < -0.4 is 0 Å². The van der Waals surface area contributed by atoms with Gasteiger partial charge in [-0.2, -0.15) is 0 Å². The van der Waals surface area contributed by atoms with Gasteiger partial charge in [0, 0.05) is 0 Å². The van der Waals surface area contributed by atoms with E-state index >= 15 is 0 Å². The minimum absolute atomic E-state index is 0.120. The number of hydrogen-bond acceptors (Lipinski definition) is 4. The molecule has 0 aliphatic rings. The molecule has 0 N–H and O–H groups in total. The summed E-state index contributed by atoms with van der Waals surface area (Å²) < 4.78 is 12.8. The van der Waals surface area contributed by atoms with Gasteiger partial charge < -0.3 is 9.47 Å². The molecule has 466 valence electrons. The lowest BCUT2D eigenvalue weighted by Gasteiger charge is -2.21. The molecule has 0 radical (unpaired) electrons. The van der Waals surface area contributed by atoms with E-state index in [0.29, 0.717) is 11.1 Å². The summed E-state index contributed by atoms with van der Waals surface area (Å²) in [5.41, 5.74) is 0.733. The van der Waals surface area contributed by atoms with E-state index in [4.69, 9.17) is 9.47 Å². The minimum Gasteiger partial charge on any atom is -0.459 e. The van der Waals surface area contributed by atoms with Gasteiger partial charge in [0.1, 0.15) is 12.2 Å². The van der Waals surface area contributed by atoms with Gasteiger partial charge in [-0.1, -0.05) is 334 Å². The fourth-order valence-corrected chi connectivity index (χ4v) is 11.8. The second-order valence-electron chi connectivity index (χ2n) is 25.1. The number of ether oxygens (including phenoxy) is 2. The van der Waals surface area contributed by atoms with Crippen molar-refractivity contribution in [3.8, 4) is 0 Å². The first-order chi connectivity index (χ1) is 39.6. The van der Waals surface area contributed by atoms with Crippen molar-refractivity contribution in [3.63, 3.8) is 0 Å². The largest absolute Gasteiger partial charge is 0.459 e. The quantitative estimate of drug-likeness (QED) is 0.0371. The van der Waals surface area contributed by atoms with Crippen molar-refractivity contribution in [2.75, 3.05) is 0 Å². The number of rotatable bonds is 64. The smallest absolute Gasteiger partial charge is 0.339 e. The molecule has 0 aromatic heterocycles. The predicted octanol–water partition coefficient (Wildman–Crippen LogP) is 26.6. The van der Waals surface area contributed by atoms with Gasteiger partial charge in [0.25, 0.3) is 0 Å². The van der Waals surface area contributed by atoms with Crippen LogP contribution in [0, 0.1) is 0 Å². The third-order valence-electron chi connectivity index (χ3n) is 17.2. The molecule has 0 spiro atoms. The molecule has 1 rings (SSSR count). The Morgan fingerprint density at radius 2 is 0.450 bits per heavy atom. The van der Waals surface area contributed by atoms with Crippen LogP contribution in [0.4, 0.5) is 0 Å². The summed E-state index contributed by atoms with van der Waals surface area (Å²) in [5, 5.41) is 0. The SMILES string of the molecule is CCCCCCCC/C=C\CCCCCCCCC(CCCCCCCCCCCCCCC)OC(=O)c1ccccc1C(=O)OC(CCCCCCCC/C=C\CCCCCCCC)CCCCCCCCCCCCCCC. The highest BCUT2D eigenvalue weighted by atomic mass is 16.5. The summed E-state index contributed by atoms with van der Waals surface area (Å²) in [7, 11) is 0. The van der Waals surface area contributed by atoms with Crippen molar-refractivity contribution < 1.29 is 19.1 Å². The van der Waals surface area contributed by atoms with Crippen LogP contribution in [0.5, 0.6) is 0 Å². The summed E-state index contributed by atoms with van der Waals surface area (Å²) in [5.74, 6) is -0.716. The number of benzene rings is 1. The Morgan fingerprint density at radius 3 is 0.650 bits per heavy atom. The summed E-state index contributed by atoms with van der Waals surface area (Å²) in [6.45, 7) is 9.17. The van der Waals surface area contributed by atoms with Crippen LogP contribution in [0.3, 0.4) is 0 Å². The molecule has 0 aliphatic carbocycles. The van der Waals surface area contributed by atoms with Gasteiger partial charge in [-0.15, -0.1) is 0 Å². The normalized spacial score (nSPS) is 12.6. The summed E-state index contributed by atoms with van der Waals surface area (Å²) in [6, 6.07) is 7.33. The standard InChI is InChI=1S/C76H138O4/c1-5-9-13-17-21-25-29-33-35-37-41-45-49-53-57-61-67-71(65-59-55-51-47-43-39-31-27-23-19-15-11-7-3)79-75(77)73-69-63-64-70-74(73)76(78)80-72(66-60-56-52-48-44-40-32-28-24-20-16-12-8-4)68-62-58-54-50-46-42-38-36-34-30-26-22-18-14-10-6-2/h33-36,63-64,69-72H,5-32,37-62,65-68H2,1-4H3/b35-33-,36-34-. The maximum Gasteiger partial charge on any atom is 0.339 e. The zero-order chi connectivity index (χ0) is 57.5. The number of unbranched alkanes of at least 4 members (excludes halogenated alkanes) is 48. The Morgan fingerprint density at radius 1 is 0.275 bits per heavy atom. The Kier molecular flexibility index (Phi) is 59.3. The molecule has 4 heteroatoms. The van der Waals surface area contributed by atoms with E-state index in [0.717, 1.165) is 51.4 Å². The Balaban J connectivity index is 2.79. The van der Waals surface area contributed by atoms with Crippen LogP contribution in [0.15, 0.2) is 48.6 Å². The number of esters is 2. The number of allylic oxidation sites excluding steroid dienone is 4.